The van der Waals surface area contributed by atoms with E-state index in [2.05, 4.69) is 59.7 Å². The van der Waals surface area contributed by atoms with E-state index in [0.717, 1.165) is 26.1 Å². The standard InChI is InChI=1S/C16H30N4S/c1-5-20(6-2)15(14-8-10-21-12-14)11-19-16(17)18-9-7-13(3)4/h8,10,12-13,15H,5-7,9,11H2,1-4H3,(H3,17,18,19). The number of thiophene rings is 1. The molecule has 1 atom stereocenters. The van der Waals surface area contributed by atoms with Crippen molar-refractivity contribution < 1.29 is 0 Å². The molecule has 1 heterocycles. The number of nitrogens with two attached hydrogens (primary N) is 1. The number of aliphatic imine (C=N–C) groups is 1. The maximum absolute atomic E-state index is 5.97. The van der Waals surface area contributed by atoms with Crippen molar-refractivity contribution in [2.45, 2.75) is 40.2 Å². The van der Waals surface area contributed by atoms with Crippen molar-refractivity contribution in [2.75, 3.05) is 26.2 Å². The van der Waals surface area contributed by atoms with Gasteiger partial charge in [0.15, 0.2) is 5.96 Å². The Hall–Kier alpha value is -1.07. The van der Waals surface area contributed by atoms with E-state index in [1.54, 1.807) is 11.3 Å². The molecule has 0 spiro atoms. The zero-order chi connectivity index (χ0) is 15.7. The van der Waals surface area contributed by atoms with E-state index in [1.165, 1.54) is 5.56 Å². The molecule has 1 rings (SSSR count). The van der Waals surface area contributed by atoms with Gasteiger partial charge in [0.25, 0.3) is 0 Å². The van der Waals surface area contributed by atoms with Gasteiger partial charge in [-0.15, -0.1) is 0 Å². The molecule has 0 aliphatic rings. The van der Waals surface area contributed by atoms with Gasteiger partial charge in [-0.3, -0.25) is 9.89 Å². The van der Waals surface area contributed by atoms with Crippen molar-refractivity contribution in [3.8, 4) is 0 Å². The van der Waals surface area contributed by atoms with Crippen molar-refractivity contribution in [2.24, 2.45) is 16.6 Å². The summed E-state index contributed by atoms with van der Waals surface area (Å²) >= 11 is 1.74. The van der Waals surface area contributed by atoms with E-state index in [1.807, 2.05) is 0 Å². The van der Waals surface area contributed by atoms with Gasteiger partial charge in [-0.2, -0.15) is 11.3 Å². The first-order chi connectivity index (χ1) is 10.1. The van der Waals surface area contributed by atoms with Crippen LogP contribution in [0.3, 0.4) is 0 Å². The molecule has 0 fully saturated rings. The molecule has 21 heavy (non-hydrogen) atoms. The van der Waals surface area contributed by atoms with Crippen molar-refractivity contribution >= 4 is 17.3 Å². The van der Waals surface area contributed by atoms with Gasteiger partial charge in [-0.05, 0) is 47.8 Å². The van der Waals surface area contributed by atoms with E-state index in [4.69, 9.17) is 5.73 Å². The molecular formula is C16H30N4S. The van der Waals surface area contributed by atoms with Crippen LogP contribution in [0.2, 0.25) is 0 Å². The summed E-state index contributed by atoms with van der Waals surface area (Å²) in [6.45, 7) is 12.4. The molecule has 120 valence electrons. The Morgan fingerprint density at radius 2 is 2.10 bits per heavy atom. The van der Waals surface area contributed by atoms with E-state index < -0.39 is 0 Å². The van der Waals surface area contributed by atoms with Crippen molar-refractivity contribution in [1.29, 1.82) is 0 Å². The average Bonchev–Trinajstić information content (AvgIpc) is 2.96. The van der Waals surface area contributed by atoms with Crippen LogP contribution in [0.1, 0.15) is 45.7 Å². The fourth-order valence-electron chi connectivity index (χ4n) is 2.29. The molecule has 1 aromatic heterocycles. The number of rotatable bonds is 9. The van der Waals surface area contributed by atoms with Gasteiger partial charge in [0, 0.05) is 6.54 Å². The predicted molar refractivity (Wildman–Crippen MR) is 93.9 cm³/mol. The highest BCUT2D eigenvalue weighted by atomic mass is 32.1. The molecule has 0 aliphatic carbocycles. The smallest absolute Gasteiger partial charge is 0.188 e. The lowest BCUT2D eigenvalue weighted by molar-refractivity contribution is 0.225. The Bertz CT molecular complexity index is 396. The Balaban J connectivity index is 2.60. The minimum Gasteiger partial charge on any atom is -0.370 e. The molecule has 3 N–H and O–H groups in total. The zero-order valence-corrected chi connectivity index (χ0v) is 14.6. The van der Waals surface area contributed by atoms with Crippen LogP contribution >= 0.6 is 11.3 Å². The zero-order valence-electron chi connectivity index (χ0n) is 13.8. The minimum absolute atomic E-state index is 0.316. The van der Waals surface area contributed by atoms with E-state index in [0.29, 0.717) is 24.5 Å². The first-order valence-corrected chi connectivity index (χ1v) is 8.82. The van der Waals surface area contributed by atoms with Crippen LogP contribution in [0.15, 0.2) is 21.8 Å². The molecule has 1 unspecified atom stereocenters. The molecule has 0 aromatic carbocycles. The normalized spacial score (nSPS) is 13.9. The van der Waals surface area contributed by atoms with Crippen LogP contribution < -0.4 is 11.1 Å². The van der Waals surface area contributed by atoms with Gasteiger partial charge in [-0.1, -0.05) is 27.7 Å². The van der Waals surface area contributed by atoms with E-state index >= 15 is 0 Å². The molecule has 1 aromatic rings. The van der Waals surface area contributed by atoms with Crippen LogP contribution in [-0.4, -0.2) is 37.0 Å². The third-order valence-electron chi connectivity index (χ3n) is 3.64. The summed E-state index contributed by atoms with van der Waals surface area (Å²) in [5.74, 6) is 1.24. The Kier molecular flexibility index (Phi) is 8.38. The van der Waals surface area contributed by atoms with Gasteiger partial charge in [0.1, 0.15) is 0 Å². The number of nitrogens with zero attached hydrogens (tertiary/aromatic N) is 2. The summed E-state index contributed by atoms with van der Waals surface area (Å²) in [6, 6.07) is 2.50. The first-order valence-electron chi connectivity index (χ1n) is 7.88. The number of guanidine groups is 1. The molecule has 5 heteroatoms. The lowest BCUT2D eigenvalue weighted by atomic mass is 10.1. The fourth-order valence-corrected chi connectivity index (χ4v) is 3.00. The third-order valence-corrected chi connectivity index (χ3v) is 4.34. The third kappa shape index (κ3) is 6.48. The van der Waals surface area contributed by atoms with Crippen LogP contribution in [-0.2, 0) is 0 Å². The quantitative estimate of drug-likeness (QED) is 0.544. The summed E-state index contributed by atoms with van der Waals surface area (Å²) < 4.78 is 0. The topological polar surface area (TPSA) is 53.6 Å². The summed E-state index contributed by atoms with van der Waals surface area (Å²) in [4.78, 5) is 6.96. The average molecular weight is 311 g/mol. The summed E-state index contributed by atoms with van der Waals surface area (Å²) in [6.07, 6.45) is 1.11. The highest BCUT2D eigenvalue weighted by Gasteiger charge is 2.17. The first kappa shape index (κ1) is 18.0. The van der Waals surface area contributed by atoms with Gasteiger partial charge >= 0.3 is 0 Å². The van der Waals surface area contributed by atoms with E-state index in [9.17, 15) is 0 Å². The van der Waals surface area contributed by atoms with Crippen LogP contribution in [0, 0.1) is 5.92 Å². The summed E-state index contributed by atoms with van der Waals surface area (Å²) in [5.41, 5.74) is 7.30. The number of nitrogens with one attached hydrogen (secondary N) is 1. The van der Waals surface area contributed by atoms with Crippen molar-refractivity contribution in [3.63, 3.8) is 0 Å². The van der Waals surface area contributed by atoms with Gasteiger partial charge in [0.2, 0.25) is 0 Å². The highest BCUT2D eigenvalue weighted by Crippen LogP contribution is 2.23. The van der Waals surface area contributed by atoms with Crippen molar-refractivity contribution in [3.05, 3.63) is 22.4 Å². The molecule has 0 aliphatic heterocycles. The minimum atomic E-state index is 0.316. The second-order valence-electron chi connectivity index (χ2n) is 5.63. The van der Waals surface area contributed by atoms with Crippen LogP contribution in [0.5, 0.6) is 0 Å². The lowest BCUT2D eigenvalue weighted by Crippen LogP contribution is -2.35. The summed E-state index contributed by atoms with van der Waals surface area (Å²) in [5, 5.41) is 7.54. The largest absolute Gasteiger partial charge is 0.370 e. The van der Waals surface area contributed by atoms with Crippen molar-refractivity contribution in [1.82, 2.24) is 10.2 Å². The SMILES string of the molecule is CCN(CC)C(CN=C(N)NCCC(C)C)c1ccsc1. The van der Waals surface area contributed by atoms with Gasteiger partial charge in [-0.25, -0.2) is 0 Å². The predicted octanol–water partition coefficient (Wildman–Crippen LogP) is 3.08. The van der Waals surface area contributed by atoms with Gasteiger partial charge < -0.3 is 11.1 Å². The Morgan fingerprint density at radius 3 is 2.62 bits per heavy atom. The van der Waals surface area contributed by atoms with Gasteiger partial charge in [0.05, 0.1) is 12.6 Å². The fraction of sp³-hybridized carbons (Fsp3) is 0.688. The maximum atomic E-state index is 5.97. The monoisotopic (exact) mass is 310 g/mol. The highest BCUT2D eigenvalue weighted by molar-refractivity contribution is 7.07. The van der Waals surface area contributed by atoms with Crippen LogP contribution in [0.4, 0.5) is 0 Å². The summed E-state index contributed by atoms with van der Waals surface area (Å²) in [7, 11) is 0. The molecule has 4 nitrogen and oxygen atoms in total. The maximum Gasteiger partial charge on any atom is 0.188 e. The molecule has 0 bridgehead atoms. The lowest BCUT2D eigenvalue weighted by Gasteiger charge is -2.28. The second kappa shape index (κ2) is 9.79. The number of likely N-dealkylation sites (N-methyl/N-ethyl adjacent to an activating group) is 1. The Labute approximate surface area is 133 Å². The number of hydrogen-bond donors (Lipinski definition) is 2. The molecule has 0 amide bonds. The van der Waals surface area contributed by atoms with E-state index in [-0.39, 0.29) is 0 Å². The second-order valence-corrected chi connectivity index (χ2v) is 6.41. The molecular weight excluding hydrogens is 280 g/mol. The molecule has 0 saturated heterocycles. The molecule has 0 radical (unpaired) electrons. The number of hydrogen-bond acceptors (Lipinski definition) is 3. The molecule has 0 saturated carbocycles. The Morgan fingerprint density at radius 1 is 1.38 bits per heavy atom. The van der Waals surface area contributed by atoms with Crippen LogP contribution in [0.25, 0.3) is 0 Å².